The number of methoxy groups -OCH3 is 1. The third-order valence-corrected chi connectivity index (χ3v) is 4.20. The van der Waals surface area contributed by atoms with Crippen molar-refractivity contribution in [2.75, 3.05) is 20.2 Å². The fraction of sp³-hybridized carbons (Fsp3) is 0.647. The molecule has 112 valence electrons. The summed E-state index contributed by atoms with van der Waals surface area (Å²) in [4.78, 5) is 2.58. The summed E-state index contributed by atoms with van der Waals surface area (Å²) >= 11 is 0. The van der Waals surface area contributed by atoms with E-state index in [0.717, 1.165) is 24.6 Å². The van der Waals surface area contributed by atoms with Crippen LogP contribution in [0.4, 0.5) is 0 Å². The van der Waals surface area contributed by atoms with E-state index in [1.165, 1.54) is 37.9 Å². The number of hydrogen-bond donors (Lipinski definition) is 1. The van der Waals surface area contributed by atoms with Crippen LogP contribution in [0.15, 0.2) is 24.3 Å². The highest BCUT2D eigenvalue weighted by Crippen LogP contribution is 2.23. The van der Waals surface area contributed by atoms with E-state index in [9.17, 15) is 0 Å². The molecule has 1 heterocycles. The van der Waals surface area contributed by atoms with E-state index in [1.54, 1.807) is 7.11 Å². The third-order valence-electron chi connectivity index (χ3n) is 4.20. The summed E-state index contributed by atoms with van der Waals surface area (Å²) in [6.07, 6.45) is 5.11. The Labute approximate surface area is 123 Å². The van der Waals surface area contributed by atoms with Gasteiger partial charge in [-0.2, -0.15) is 0 Å². The number of piperidine rings is 1. The number of nitrogens with zero attached hydrogens (tertiary/aromatic N) is 1. The van der Waals surface area contributed by atoms with Crippen LogP contribution in [0.1, 0.15) is 38.2 Å². The molecular formula is C17H28N2O. The van der Waals surface area contributed by atoms with Crippen molar-refractivity contribution in [3.8, 4) is 5.75 Å². The topological polar surface area (TPSA) is 38.5 Å². The number of rotatable bonds is 6. The lowest BCUT2D eigenvalue weighted by atomic mass is 9.92. The van der Waals surface area contributed by atoms with Crippen molar-refractivity contribution in [2.24, 2.45) is 11.7 Å². The average Bonchev–Trinajstić information content (AvgIpc) is 2.46. The second-order valence-corrected chi connectivity index (χ2v) is 6.15. The van der Waals surface area contributed by atoms with Crippen molar-refractivity contribution >= 4 is 0 Å². The average molecular weight is 276 g/mol. The van der Waals surface area contributed by atoms with Gasteiger partial charge in [-0.25, -0.2) is 0 Å². The summed E-state index contributed by atoms with van der Waals surface area (Å²) in [7, 11) is 1.71. The van der Waals surface area contributed by atoms with E-state index in [-0.39, 0.29) is 0 Å². The summed E-state index contributed by atoms with van der Waals surface area (Å²) in [6, 6.07) is 8.78. The number of likely N-dealkylation sites (tertiary alicyclic amines) is 1. The molecule has 2 N–H and O–H groups in total. The molecule has 1 aromatic rings. The molecule has 0 aromatic heterocycles. The van der Waals surface area contributed by atoms with Gasteiger partial charge in [-0.15, -0.1) is 0 Å². The molecular weight excluding hydrogens is 248 g/mol. The fourth-order valence-electron chi connectivity index (χ4n) is 3.02. The SMILES string of the molecule is COc1ccc(CN2CCCC(CCC(C)N)C2)cc1. The molecule has 0 amide bonds. The second kappa shape index (κ2) is 7.65. The molecule has 0 aliphatic carbocycles. The molecule has 1 aromatic carbocycles. The van der Waals surface area contributed by atoms with Crippen LogP contribution >= 0.6 is 0 Å². The summed E-state index contributed by atoms with van der Waals surface area (Å²) in [5.41, 5.74) is 7.24. The lowest BCUT2D eigenvalue weighted by molar-refractivity contribution is 0.159. The van der Waals surface area contributed by atoms with Gasteiger partial charge >= 0.3 is 0 Å². The van der Waals surface area contributed by atoms with Gasteiger partial charge < -0.3 is 10.5 Å². The Kier molecular flexibility index (Phi) is 5.86. The first kappa shape index (κ1) is 15.3. The second-order valence-electron chi connectivity index (χ2n) is 6.15. The highest BCUT2D eigenvalue weighted by Gasteiger charge is 2.19. The van der Waals surface area contributed by atoms with Gasteiger partial charge in [0, 0.05) is 19.1 Å². The Morgan fingerprint density at radius 1 is 1.35 bits per heavy atom. The van der Waals surface area contributed by atoms with Gasteiger partial charge in [0.2, 0.25) is 0 Å². The van der Waals surface area contributed by atoms with Crippen LogP contribution in [-0.4, -0.2) is 31.1 Å². The maximum atomic E-state index is 5.87. The minimum Gasteiger partial charge on any atom is -0.497 e. The summed E-state index contributed by atoms with van der Waals surface area (Å²) in [6.45, 7) is 5.61. The Morgan fingerprint density at radius 3 is 2.75 bits per heavy atom. The normalized spacial score (nSPS) is 21.6. The van der Waals surface area contributed by atoms with Crippen LogP contribution in [0.25, 0.3) is 0 Å². The highest BCUT2D eigenvalue weighted by molar-refractivity contribution is 5.27. The zero-order valence-corrected chi connectivity index (χ0v) is 12.8. The molecule has 0 radical (unpaired) electrons. The van der Waals surface area contributed by atoms with Crippen LogP contribution in [-0.2, 0) is 6.54 Å². The van der Waals surface area contributed by atoms with Crippen molar-refractivity contribution in [1.29, 1.82) is 0 Å². The predicted octanol–water partition coefficient (Wildman–Crippen LogP) is 3.03. The lowest BCUT2D eigenvalue weighted by Crippen LogP contribution is -2.35. The van der Waals surface area contributed by atoms with Gasteiger partial charge in [-0.1, -0.05) is 12.1 Å². The van der Waals surface area contributed by atoms with E-state index in [0.29, 0.717) is 6.04 Å². The Morgan fingerprint density at radius 2 is 2.10 bits per heavy atom. The maximum absolute atomic E-state index is 5.87. The standard InChI is InChI=1S/C17H28N2O/c1-14(18)5-6-15-4-3-11-19(12-15)13-16-7-9-17(20-2)10-8-16/h7-10,14-15H,3-6,11-13,18H2,1-2H3. The molecule has 3 nitrogen and oxygen atoms in total. The molecule has 2 rings (SSSR count). The van der Waals surface area contributed by atoms with E-state index in [4.69, 9.17) is 10.5 Å². The zero-order chi connectivity index (χ0) is 14.4. The number of hydrogen-bond acceptors (Lipinski definition) is 3. The summed E-state index contributed by atoms with van der Waals surface area (Å²) in [5.74, 6) is 1.76. The minimum absolute atomic E-state index is 0.340. The highest BCUT2D eigenvalue weighted by atomic mass is 16.5. The number of nitrogens with two attached hydrogens (primary N) is 1. The summed E-state index contributed by atoms with van der Waals surface area (Å²) in [5, 5.41) is 0. The molecule has 3 heteroatoms. The van der Waals surface area contributed by atoms with E-state index < -0.39 is 0 Å². The first-order valence-corrected chi connectivity index (χ1v) is 7.78. The summed E-state index contributed by atoms with van der Waals surface area (Å²) < 4.78 is 5.21. The van der Waals surface area contributed by atoms with Gasteiger partial charge in [0.15, 0.2) is 0 Å². The largest absolute Gasteiger partial charge is 0.497 e. The van der Waals surface area contributed by atoms with Crippen LogP contribution in [0, 0.1) is 5.92 Å². The Balaban J connectivity index is 1.82. The van der Waals surface area contributed by atoms with E-state index in [2.05, 4.69) is 24.0 Å². The van der Waals surface area contributed by atoms with Gasteiger partial charge in [0.05, 0.1) is 7.11 Å². The molecule has 1 aliphatic heterocycles. The minimum atomic E-state index is 0.340. The van der Waals surface area contributed by atoms with E-state index in [1.807, 2.05) is 12.1 Å². The first-order chi connectivity index (χ1) is 9.67. The Bertz CT molecular complexity index is 388. The molecule has 0 saturated carbocycles. The fourth-order valence-corrected chi connectivity index (χ4v) is 3.02. The number of ether oxygens (including phenoxy) is 1. The Hall–Kier alpha value is -1.06. The van der Waals surface area contributed by atoms with Crippen LogP contribution < -0.4 is 10.5 Å². The molecule has 1 fully saturated rings. The monoisotopic (exact) mass is 276 g/mol. The van der Waals surface area contributed by atoms with Crippen molar-refractivity contribution in [2.45, 2.75) is 45.2 Å². The van der Waals surface area contributed by atoms with E-state index >= 15 is 0 Å². The first-order valence-electron chi connectivity index (χ1n) is 7.78. The van der Waals surface area contributed by atoms with Crippen molar-refractivity contribution in [3.05, 3.63) is 29.8 Å². The molecule has 20 heavy (non-hydrogen) atoms. The third kappa shape index (κ3) is 4.80. The molecule has 2 unspecified atom stereocenters. The van der Waals surface area contributed by atoms with Gasteiger partial charge in [0.25, 0.3) is 0 Å². The maximum Gasteiger partial charge on any atom is 0.118 e. The molecule has 2 atom stereocenters. The van der Waals surface area contributed by atoms with Gasteiger partial charge in [-0.3, -0.25) is 4.90 Å². The molecule has 0 spiro atoms. The number of benzene rings is 1. The van der Waals surface area contributed by atoms with Gasteiger partial charge in [-0.05, 0) is 62.8 Å². The van der Waals surface area contributed by atoms with Crippen LogP contribution in [0.3, 0.4) is 0 Å². The smallest absolute Gasteiger partial charge is 0.118 e. The van der Waals surface area contributed by atoms with Crippen LogP contribution in [0.2, 0.25) is 0 Å². The quantitative estimate of drug-likeness (QED) is 0.868. The predicted molar refractivity (Wildman–Crippen MR) is 83.9 cm³/mol. The zero-order valence-electron chi connectivity index (χ0n) is 12.8. The van der Waals surface area contributed by atoms with Crippen LogP contribution in [0.5, 0.6) is 5.75 Å². The van der Waals surface area contributed by atoms with Gasteiger partial charge in [0.1, 0.15) is 5.75 Å². The van der Waals surface area contributed by atoms with Crippen molar-refractivity contribution < 1.29 is 4.74 Å². The van der Waals surface area contributed by atoms with Crippen molar-refractivity contribution in [3.63, 3.8) is 0 Å². The molecule has 0 bridgehead atoms. The molecule has 1 aliphatic rings. The molecule has 1 saturated heterocycles. The van der Waals surface area contributed by atoms with Crippen molar-refractivity contribution in [1.82, 2.24) is 4.90 Å². The lowest BCUT2D eigenvalue weighted by Gasteiger charge is -2.33.